The maximum absolute atomic E-state index is 13.1. The molecule has 0 unspecified atom stereocenters. The fraction of sp³-hybridized carbons (Fsp3) is 0.250. The molecule has 1 fully saturated rings. The molecule has 0 spiro atoms. The number of benzene rings is 3. The molecule has 0 atom stereocenters. The first kappa shape index (κ1) is 20.5. The Balaban J connectivity index is 1.36. The van der Waals surface area contributed by atoms with Gasteiger partial charge >= 0.3 is 0 Å². The highest BCUT2D eigenvalue weighted by molar-refractivity contribution is 6.07. The second kappa shape index (κ2) is 8.95. The lowest BCUT2D eigenvalue weighted by Gasteiger charge is -2.31. The molecule has 0 aromatic heterocycles. The van der Waals surface area contributed by atoms with Crippen molar-refractivity contribution in [1.29, 1.82) is 0 Å². The van der Waals surface area contributed by atoms with Crippen LogP contribution in [0.2, 0.25) is 0 Å². The molecule has 31 heavy (non-hydrogen) atoms. The highest BCUT2D eigenvalue weighted by Gasteiger charge is 2.28. The normalized spacial score (nSPS) is 14.4. The van der Waals surface area contributed by atoms with Crippen molar-refractivity contribution in [2.75, 3.05) is 13.1 Å². The Morgan fingerprint density at radius 3 is 2.42 bits per heavy atom. The van der Waals surface area contributed by atoms with Crippen LogP contribution < -0.4 is 5.32 Å². The summed E-state index contributed by atoms with van der Waals surface area (Å²) < 4.78 is 0. The van der Waals surface area contributed by atoms with Gasteiger partial charge in [-0.3, -0.25) is 19.7 Å². The second-order valence-electron chi connectivity index (χ2n) is 7.70. The number of likely N-dealkylation sites (tertiary alicyclic amines) is 1. The number of hydrogen-bond acceptors (Lipinski definition) is 4. The summed E-state index contributed by atoms with van der Waals surface area (Å²) in [5.41, 5.74) is 1.15. The highest BCUT2D eigenvalue weighted by atomic mass is 16.6. The van der Waals surface area contributed by atoms with Crippen molar-refractivity contribution in [2.45, 2.75) is 19.4 Å². The van der Waals surface area contributed by atoms with E-state index in [1.807, 2.05) is 42.5 Å². The minimum atomic E-state index is -0.446. The third kappa shape index (κ3) is 4.40. The zero-order chi connectivity index (χ0) is 21.8. The largest absolute Gasteiger partial charge is 0.352 e. The number of nitrogens with one attached hydrogen (secondary N) is 1. The Labute approximate surface area is 179 Å². The van der Waals surface area contributed by atoms with Crippen molar-refractivity contribution in [3.8, 4) is 0 Å². The fourth-order valence-electron chi connectivity index (χ4n) is 4.09. The zero-order valence-corrected chi connectivity index (χ0v) is 17.0. The minimum Gasteiger partial charge on any atom is -0.352 e. The van der Waals surface area contributed by atoms with Crippen molar-refractivity contribution >= 4 is 28.3 Å². The van der Waals surface area contributed by atoms with Crippen LogP contribution in [0, 0.1) is 16.0 Å². The topological polar surface area (TPSA) is 92.5 Å². The summed E-state index contributed by atoms with van der Waals surface area (Å²) in [6.07, 6.45) is 1.14. The number of carbonyl (C=O) groups is 2. The van der Waals surface area contributed by atoms with E-state index in [-0.39, 0.29) is 30.0 Å². The number of nitro benzene ring substituents is 1. The predicted octanol–water partition coefficient (Wildman–Crippen LogP) is 3.92. The number of hydrogen-bond donors (Lipinski definition) is 1. The number of amides is 2. The monoisotopic (exact) mass is 417 g/mol. The molecule has 0 saturated carbocycles. The molecule has 0 bridgehead atoms. The molecule has 1 heterocycles. The number of para-hydroxylation sites is 1. The van der Waals surface area contributed by atoms with Crippen molar-refractivity contribution in [3.63, 3.8) is 0 Å². The fourth-order valence-corrected chi connectivity index (χ4v) is 4.09. The predicted molar refractivity (Wildman–Crippen MR) is 118 cm³/mol. The van der Waals surface area contributed by atoms with Crippen LogP contribution in [0.3, 0.4) is 0 Å². The van der Waals surface area contributed by atoms with Gasteiger partial charge in [0.2, 0.25) is 5.91 Å². The van der Waals surface area contributed by atoms with Crippen molar-refractivity contribution in [3.05, 3.63) is 88.0 Å². The molecular weight excluding hydrogens is 394 g/mol. The molecule has 7 heteroatoms. The van der Waals surface area contributed by atoms with Gasteiger partial charge in [0.25, 0.3) is 11.6 Å². The quantitative estimate of drug-likeness (QED) is 0.503. The molecule has 1 aliphatic heterocycles. The number of rotatable bonds is 5. The Bertz CT molecular complexity index is 1130. The third-order valence-electron chi connectivity index (χ3n) is 5.81. The van der Waals surface area contributed by atoms with Gasteiger partial charge in [0.15, 0.2) is 0 Å². The first-order valence-corrected chi connectivity index (χ1v) is 10.3. The Kier molecular flexibility index (Phi) is 5.93. The lowest BCUT2D eigenvalue weighted by atomic mass is 9.94. The van der Waals surface area contributed by atoms with Crippen molar-refractivity contribution in [1.82, 2.24) is 10.2 Å². The number of nitrogens with zero attached hydrogens (tertiary/aromatic N) is 2. The van der Waals surface area contributed by atoms with Crippen LogP contribution in [0.15, 0.2) is 66.7 Å². The Hall–Kier alpha value is -3.74. The van der Waals surface area contributed by atoms with Crippen molar-refractivity contribution < 1.29 is 14.5 Å². The van der Waals surface area contributed by atoms with E-state index >= 15 is 0 Å². The van der Waals surface area contributed by atoms with E-state index in [9.17, 15) is 19.7 Å². The number of nitro groups is 1. The molecule has 0 aliphatic carbocycles. The molecule has 4 rings (SSSR count). The van der Waals surface area contributed by atoms with Crippen LogP contribution in [0.1, 0.15) is 28.8 Å². The van der Waals surface area contributed by atoms with Crippen LogP contribution in [0.4, 0.5) is 5.69 Å². The molecular formula is C24H23N3O4. The van der Waals surface area contributed by atoms with Crippen LogP contribution >= 0.6 is 0 Å². The molecule has 1 N–H and O–H groups in total. The molecule has 0 radical (unpaired) electrons. The smallest absolute Gasteiger partial charge is 0.274 e. The van der Waals surface area contributed by atoms with E-state index in [1.54, 1.807) is 23.1 Å². The zero-order valence-electron chi connectivity index (χ0n) is 17.0. The maximum Gasteiger partial charge on any atom is 0.274 e. The van der Waals surface area contributed by atoms with Gasteiger partial charge in [0.1, 0.15) is 0 Å². The lowest BCUT2D eigenvalue weighted by molar-refractivity contribution is -0.385. The maximum atomic E-state index is 13.1. The molecule has 7 nitrogen and oxygen atoms in total. The van der Waals surface area contributed by atoms with Gasteiger partial charge in [0.05, 0.1) is 4.92 Å². The van der Waals surface area contributed by atoms with Gasteiger partial charge in [0, 0.05) is 42.7 Å². The number of piperidine rings is 1. The summed E-state index contributed by atoms with van der Waals surface area (Å²) in [6.45, 7) is 1.13. The average Bonchev–Trinajstić information content (AvgIpc) is 2.82. The van der Waals surface area contributed by atoms with Gasteiger partial charge in [-0.15, -0.1) is 0 Å². The summed E-state index contributed by atoms with van der Waals surface area (Å²) in [5, 5.41) is 15.9. The highest BCUT2D eigenvalue weighted by Crippen LogP contribution is 2.24. The molecule has 1 aliphatic rings. The van der Waals surface area contributed by atoms with E-state index < -0.39 is 4.92 Å². The van der Waals surface area contributed by atoms with Gasteiger partial charge in [-0.05, 0) is 29.7 Å². The van der Waals surface area contributed by atoms with Crippen LogP contribution in [0.25, 0.3) is 10.8 Å². The van der Waals surface area contributed by atoms with E-state index in [0.717, 1.165) is 10.8 Å². The standard InChI is InChI=1S/C24H23N3O4/c28-23(25-16-19-7-2-4-11-22(19)27(30)31)18-12-14-26(15-13-18)24(29)21-10-5-8-17-6-1-3-9-20(17)21/h1-11,18H,12-16H2,(H,25,28). The summed E-state index contributed by atoms with van der Waals surface area (Å²) in [7, 11) is 0. The molecule has 3 aromatic rings. The number of carbonyl (C=O) groups excluding carboxylic acids is 2. The first-order chi connectivity index (χ1) is 15.0. The van der Waals surface area contributed by atoms with Crippen LogP contribution in [-0.2, 0) is 11.3 Å². The summed E-state index contributed by atoms with van der Waals surface area (Å²) in [6, 6.07) is 19.9. The van der Waals surface area contributed by atoms with E-state index in [0.29, 0.717) is 37.1 Å². The molecule has 1 saturated heterocycles. The molecule has 2 amide bonds. The lowest BCUT2D eigenvalue weighted by Crippen LogP contribution is -2.43. The average molecular weight is 417 g/mol. The van der Waals surface area contributed by atoms with E-state index in [1.165, 1.54) is 6.07 Å². The number of fused-ring (bicyclic) bond motifs is 1. The minimum absolute atomic E-state index is 0.00157. The summed E-state index contributed by atoms with van der Waals surface area (Å²) >= 11 is 0. The van der Waals surface area contributed by atoms with Crippen molar-refractivity contribution in [2.24, 2.45) is 5.92 Å². The molecule has 3 aromatic carbocycles. The molecule has 158 valence electrons. The van der Waals surface area contributed by atoms with Gasteiger partial charge in [-0.2, -0.15) is 0 Å². The summed E-state index contributed by atoms with van der Waals surface area (Å²) in [4.78, 5) is 38.1. The van der Waals surface area contributed by atoms with Gasteiger partial charge < -0.3 is 10.2 Å². The summed E-state index contributed by atoms with van der Waals surface area (Å²) in [5.74, 6) is -0.356. The Morgan fingerprint density at radius 1 is 0.968 bits per heavy atom. The van der Waals surface area contributed by atoms with Gasteiger partial charge in [-0.25, -0.2) is 0 Å². The first-order valence-electron chi connectivity index (χ1n) is 10.3. The third-order valence-corrected chi connectivity index (χ3v) is 5.81. The Morgan fingerprint density at radius 2 is 1.65 bits per heavy atom. The van der Waals surface area contributed by atoms with E-state index in [2.05, 4.69) is 5.32 Å². The van der Waals surface area contributed by atoms with E-state index in [4.69, 9.17) is 0 Å². The SMILES string of the molecule is O=C(NCc1ccccc1[N+](=O)[O-])C1CCN(C(=O)c2cccc3ccccc23)CC1. The second-order valence-corrected chi connectivity index (χ2v) is 7.70. The van der Waals surface area contributed by atoms with Gasteiger partial charge in [-0.1, -0.05) is 54.6 Å². The van der Waals surface area contributed by atoms with Crippen LogP contribution in [0.5, 0.6) is 0 Å². The van der Waals surface area contributed by atoms with Crippen LogP contribution in [-0.4, -0.2) is 34.7 Å².